The fourth-order valence-electron chi connectivity index (χ4n) is 2.96. The number of benzene rings is 1. The maximum Gasteiger partial charge on any atom is 0.261 e. The van der Waals surface area contributed by atoms with Gasteiger partial charge in [0.2, 0.25) is 5.95 Å². The minimum atomic E-state index is -0.264. The van der Waals surface area contributed by atoms with E-state index in [1.165, 1.54) is 0 Å². The molecule has 0 atom stereocenters. The number of H-pyrrole nitrogens is 2. The zero-order valence-corrected chi connectivity index (χ0v) is 15.6. The van der Waals surface area contributed by atoms with Crippen LogP contribution < -0.4 is 16.2 Å². The van der Waals surface area contributed by atoms with Crippen LogP contribution >= 0.6 is 0 Å². The van der Waals surface area contributed by atoms with Gasteiger partial charge in [0.05, 0.1) is 11.1 Å². The number of pyridine rings is 1. The summed E-state index contributed by atoms with van der Waals surface area (Å²) in [6, 6.07) is 13.9. The number of nitrogen functional groups attached to an aromatic ring is 1. The highest BCUT2D eigenvalue weighted by atomic mass is 16.1. The number of anilines is 2. The van der Waals surface area contributed by atoms with Gasteiger partial charge < -0.3 is 15.6 Å². The van der Waals surface area contributed by atoms with Crippen molar-refractivity contribution >= 4 is 34.8 Å². The SMILES string of the molecule is CN(C)c1ccc(C=Cc2cc(-c3cc4c(=O)[nH]c(N)nc4[nH]3)ccn2)cc1. The van der Waals surface area contributed by atoms with E-state index in [2.05, 4.69) is 49.1 Å². The predicted molar refractivity (Wildman–Crippen MR) is 114 cm³/mol. The fourth-order valence-corrected chi connectivity index (χ4v) is 2.96. The van der Waals surface area contributed by atoms with Crippen molar-refractivity contribution in [1.82, 2.24) is 19.9 Å². The molecule has 1 aromatic carbocycles. The van der Waals surface area contributed by atoms with Crippen molar-refractivity contribution in [2.24, 2.45) is 0 Å². The summed E-state index contributed by atoms with van der Waals surface area (Å²) in [4.78, 5) is 28.3. The van der Waals surface area contributed by atoms with E-state index in [-0.39, 0.29) is 11.5 Å². The normalized spacial score (nSPS) is 11.4. The van der Waals surface area contributed by atoms with Gasteiger partial charge >= 0.3 is 0 Å². The number of rotatable bonds is 4. The Labute approximate surface area is 161 Å². The first kappa shape index (κ1) is 17.5. The number of fused-ring (bicyclic) bond motifs is 1. The summed E-state index contributed by atoms with van der Waals surface area (Å²) in [5, 5.41) is 0.471. The first-order chi connectivity index (χ1) is 13.5. The number of aromatic nitrogens is 4. The number of hydrogen-bond acceptors (Lipinski definition) is 5. The molecule has 3 heterocycles. The standard InChI is InChI=1S/C21H20N6O/c1-27(2)16-7-4-13(5-8-16)3-6-15-11-14(9-10-23-15)18-12-17-19(24-18)25-21(22)26-20(17)28/h3-12H,1-2H3,(H4,22,24,25,26,28). The highest BCUT2D eigenvalue weighted by Gasteiger charge is 2.09. The molecular formula is C21H20N6O. The molecule has 0 bridgehead atoms. The third-order valence-electron chi connectivity index (χ3n) is 4.46. The Kier molecular flexibility index (Phi) is 4.41. The van der Waals surface area contributed by atoms with Crippen LogP contribution in [-0.4, -0.2) is 34.0 Å². The molecule has 0 aliphatic rings. The molecule has 4 N–H and O–H groups in total. The minimum absolute atomic E-state index is 0.0875. The summed E-state index contributed by atoms with van der Waals surface area (Å²) >= 11 is 0. The number of hydrogen-bond donors (Lipinski definition) is 3. The first-order valence-corrected chi connectivity index (χ1v) is 8.80. The van der Waals surface area contributed by atoms with E-state index in [1.54, 1.807) is 12.3 Å². The van der Waals surface area contributed by atoms with Gasteiger partial charge in [0, 0.05) is 37.2 Å². The molecule has 28 heavy (non-hydrogen) atoms. The van der Waals surface area contributed by atoms with Crippen LogP contribution in [0.4, 0.5) is 11.6 Å². The molecule has 7 heteroatoms. The van der Waals surface area contributed by atoms with Gasteiger partial charge in [0.15, 0.2) is 0 Å². The molecule has 0 unspecified atom stereocenters. The van der Waals surface area contributed by atoms with E-state index < -0.39 is 0 Å². The first-order valence-electron chi connectivity index (χ1n) is 8.80. The quantitative estimate of drug-likeness (QED) is 0.511. The summed E-state index contributed by atoms with van der Waals surface area (Å²) in [5.41, 5.74) is 10.6. The molecule has 140 valence electrons. The fraction of sp³-hybridized carbons (Fsp3) is 0.0952. The molecule has 0 spiro atoms. The third kappa shape index (κ3) is 3.50. The molecule has 0 amide bonds. The Morgan fingerprint density at radius 2 is 1.82 bits per heavy atom. The number of aromatic amines is 2. The molecule has 0 radical (unpaired) electrons. The number of nitrogens with zero attached hydrogens (tertiary/aromatic N) is 3. The van der Waals surface area contributed by atoms with Gasteiger partial charge in [-0.2, -0.15) is 4.98 Å². The molecule has 4 aromatic rings. The topological polar surface area (TPSA) is 104 Å². The monoisotopic (exact) mass is 372 g/mol. The van der Waals surface area contributed by atoms with Crippen LogP contribution in [0.3, 0.4) is 0 Å². The van der Waals surface area contributed by atoms with Crippen molar-refractivity contribution in [1.29, 1.82) is 0 Å². The van der Waals surface area contributed by atoms with E-state index in [4.69, 9.17) is 5.73 Å². The zero-order chi connectivity index (χ0) is 19.7. The maximum atomic E-state index is 12.0. The van der Waals surface area contributed by atoms with Crippen LogP contribution in [0.15, 0.2) is 53.5 Å². The molecule has 4 rings (SSSR count). The van der Waals surface area contributed by atoms with Gasteiger partial charge in [-0.15, -0.1) is 0 Å². The van der Waals surface area contributed by atoms with Crippen LogP contribution in [0.2, 0.25) is 0 Å². The van der Waals surface area contributed by atoms with Crippen LogP contribution in [0.5, 0.6) is 0 Å². The average molecular weight is 372 g/mol. The summed E-state index contributed by atoms with van der Waals surface area (Å²) in [6.07, 6.45) is 5.71. The van der Waals surface area contributed by atoms with Crippen molar-refractivity contribution in [3.63, 3.8) is 0 Å². The van der Waals surface area contributed by atoms with Crippen molar-refractivity contribution in [3.8, 4) is 11.3 Å². The summed E-state index contributed by atoms with van der Waals surface area (Å²) in [5.74, 6) is 0.0875. The highest BCUT2D eigenvalue weighted by molar-refractivity contribution is 5.83. The van der Waals surface area contributed by atoms with Crippen LogP contribution in [0.25, 0.3) is 34.4 Å². The van der Waals surface area contributed by atoms with Gasteiger partial charge in [0.1, 0.15) is 5.65 Å². The van der Waals surface area contributed by atoms with Crippen molar-refractivity contribution < 1.29 is 0 Å². The van der Waals surface area contributed by atoms with Crippen LogP contribution in [0, 0.1) is 0 Å². The molecule has 3 aromatic heterocycles. The second-order valence-corrected chi connectivity index (χ2v) is 6.69. The van der Waals surface area contributed by atoms with Crippen LogP contribution in [0.1, 0.15) is 11.3 Å². The van der Waals surface area contributed by atoms with Gasteiger partial charge in [-0.25, -0.2) is 0 Å². The molecule has 0 saturated heterocycles. The second kappa shape index (κ2) is 7.03. The second-order valence-electron chi connectivity index (χ2n) is 6.69. The molecule has 0 aliphatic carbocycles. The lowest BCUT2D eigenvalue weighted by molar-refractivity contribution is 1.13. The maximum absolute atomic E-state index is 12.0. The highest BCUT2D eigenvalue weighted by Crippen LogP contribution is 2.22. The Morgan fingerprint density at radius 1 is 1.04 bits per heavy atom. The summed E-state index contributed by atoms with van der Waals surface area (Å²) in [6.45, 7) is 0. The Hall–Kier alpha value is -3.87. The van der Waals surface area contributed by atoms with Crippen LogP contribution in [-0.2, 0) is 0 Å². The van der Waals surface area contributed by atoms with E-state index in [9.17, 15) is 4.79 Å². The molecular weight excluding hydrogens is 352 g/mol. The van der Waals surface area contributed by atoms with Gasteiger partial charge in [0.25, 0.3) is 5.56 Å². The minimum Gasteiger partial charge on any atom is -0.378 e. The Balaban J connectivity index is 1.63. The Morgan fingerprint density at radius 3 is 2.57 bits per heavy atom. The molecule has 0 fully saturated rings. The van der Waals surface area contributed by atoms with E-state index >= 15 is 0 Å². The molecule has 0 aliphatic heterocycles. The molecule has 7 nitrogen and oxygen atoms in total. The average Bonchev–Trinajstić information content (AvgIpc) is 3.11. The summed E-state index contributed by atoms with van der Waals surface area (Å²) in [7, 11) is 4.03. The largest absolute Gasteiger partial charge is 0.378 e. The van der Waals surface area contributed by atoms with Crippen molar-refractivity contribution in [2.75, 3.05) is 24.7 Å². The van der Waals surface area contributed by atoms with E-state index in [1.807, 2.05) is 38.4 Å². The van der Waals surface area contributed by atoms with Crippen molar-refractivity contribution in [3.05, 3.63) is 70.3 Å². The molecule has 0 saturated carbocycles. The van der Waals surface area contributed by atoms with E-state index in [0.717, 1.165) is 28.2 Å². The predicted octanol–water partition coefficient (Wildman–Crippen LogP) is 3.13. The number of nitrogens with two attached hydrogens (primary N) is 1. The van der Waals surface area contributed by atoms with E-state index in [0.29, 0.717) is 11.0 Å². The van der Waals surface area contributed by atoms with Crippen molar-refractivity contribution in [2.45, 2.75) is 0 Å². The lowest BCUT2D eigenvalue weighted by Crippen LogP contribution is -2.09. The Bertz CT molecular complexity index is 1220. The zero-order valence-electron chi connectivity index (χ0n) is 15.6. The third-order valence-corrected chi connectivity index (χ3v) is 4.46. The smallest absolute Gasteiger partial charge is 0.261 e. The van der Waals surface area contributed by atoms with Gasteiger partial charge in [-0.3, -0.25) is 14.8 Å². The lowest BCUT2D eigenvalue weighted by Gasteiger charge is -2.11. The van der Waals surface area contributed by atoms with Gasteiger partial charge in [-0.05, 0) is 42.0 Å². The van der Waals surface area contributed by atoms with Gasteiger partial charge in [-0.1, -0.05) is 18.2 Å². The lowest BCUT2D eigenvalue weighted by atomic mass is 10.1. The summed E-state index contributed by atoms with van der Waals surface area (Å²) < 4.78 is 0. The number of nitrogens with one attached hydrogen (secondary N) is 2.